The minimum absolute atomic E-state index is 0.362. The molecule has 6 nitrogen and oxygen atoms in total. The first-order valence-electron chi connectivity index (χ1n) is 7.58. The lowest BCUT2D eigenvalue weighted by molar-refractivity contribution is 0.672. The highest BCUT2D eigenvalue weighted by Gasteiger charge is 2.23. The number of aromatic amines is 1. The molecule has 0 spiro atoms. The molecule has 2 aromatic rings. The van der Waals surface area contributed by atoms with E-state index < -0.39 is 0 Å². The fourth-order valence-electron chi connectivity index (χ4n) is 3.03. The van der Waals surface area contributed by atoms with Crippen molar-refractivity contribution in [3.63, 3.8) is 0 Å². The number of hydrogen-bond donors (Lipinski definition) is 2. The summed E-state index contributed by atoms with van der Waals surface area (Å²) in [6, 6.07) is 2.03. The number of anilines is 2. The Morgan fingerprint density at radius 1 is 1.38 bits per heavy atom. The van der Waals surface area contributed by atoms with E-state index in [-0.39, 0.29) is 0 Å². The van der Waals surface area contributed by atoms with Gasteiger partial charge in [-0.25, -0.2) is 4.98 Å². The number of nitrogens with two attached hydrogens (primary N) is 1. The molecule has 1 aliphatic carbocycles. The largest absolute Gasteiger partial charge is 0.368 e. The number of aromatic nitrogens is 4. The second-order valence-corrected chi connectivity index (χ2v) is 5.64. The lowest BCUT2D eigenvalue weighted by Crippen LogP contribution is -2.30. The smallest absolute Gasteiger partial charge is 0.222 e. The highest BCUT2D eigenvalue weighted by Crippen LogP contribution is 2.30. The monoisotopic (exact) mass is 286 g/mol. The van der Waals surface area contributed by atoms with Gasteiger partial charge in [-0.2, -0.15) is 10.1 Å². The Labute approximate surface area is 124 Å². The third kappa shape index (κ3) is 2.70. The molecular formula is C15H22N6. The lowest BCUT2D eigenvalue weighted by atomic mass is 10.1. The third-order valence-corrected chi connectivity index (χ3v) is 4.16. The van der Waals surface area contributed by atoms with Gasteiger partial charge in [-0.1, -0.05) is 6.92 Å². The Kier molecular flexibility index (Phi) is 3.77. The van der Waals surface area contributed by atoms with Gasteiger partial charge in [-0.3, -0.25) is 5.10 Å². The molecule has 0 aliphatic heterocycles. The highest BCUT2D eigenvalue weighted by atomic mass is 15.2. The summed E-state index contributed by atoms with van der Waals surface area (Å²) >= 11 is 0. The van der Waals surface area contributed by atoms with Crippen LogP contribution in [0.2, 0.25) is 0 Å². The van der Waals surface area contributed by atoms with Gasteiger partial charge in [0, 0.05) is 36.5 Å². The van der Waals surface area contributed by atoms with Gasteiger partial charge in [0.15, 0.2) is 0 Å². The second kappa shape index (κ2) is 5.71. The average Bonchev–Trinajstić information content (AvgIpc) is 3.14. The molecule has 2 aromatic heterocycles. The molecule has 0 amide bonds. The summed E-state index contributed by atoms with van der Waals surface area (Å²) in [5.41, 5.74) is 9.44. The minimum Gasteiger partial charge on any atom is -0.368 e. The predicted molar refractivity (Wildman–Crippen MR) is 83.4 cm³/mol. The van der Waals surface area contributed by atoms with Gasteiger partial charge in [-0.15, -0.1) is 0 Å². The number of aryl methyl sites for hydroxylation is 1. The number of nitrogen functional groups attached to an aromatic ring is 1. The molecule has 21 heavy (non-hydrogen) atoms. The number of nitrogens with zero attached hydrogens (tertiary/aromatic N) is 4. The molecule has 0 saturated heterocycles. The first-order valence-corrected chi connectivity index (χ1v) is 7.58. The van der Waals surface area contributed by atoms with E-state index >= 15 is 0 Å². The van der Waals surface area contributed by atoms with E-state index in [2.05, 4.69) is 38.9 Å². The van der Waals surface area contributed by atoms with Crippen LogP contribution in [0, 0.1) is 0 Å². The maximum Gasteiger partial charge on any atom is 0.222 e. The van der Waals surface area contributed by atoms with E-state index in [9.17, 15) is 0 Å². The number of rotatable bonds is 5. The van der Waals surface area contributed by atoms with Gasteiger partial charge < -0.3 is 10.6 Å². The lowest BCUT2D eigenvalue weighted by Gasteiger charge is -2.27. The van der Waals surface area contributed by atoms with E-state index in [0.29, 0.717) is 11.9 Å². The van der Waals surface area contributed by atoms with Crippen LogP contribution in [-0.2, 0) is 12.8 Å². The third-order valence-electron chi connectivity index (χ3n) is 4.16. The Balaban J connectivity index is 1.87. The summed E-state index contributed by atoms with van der Waals surface area (Å²) in [6.45, 7) is 6.14. The van der Waals surface area contributed by atoms with Crippen molar-refractivity contribution in [3.8, 4) is 0 Å². The zero-order valence-corrected chi connectivity index (χ0v) is 12.6. The van der Waals surface area contributed by atoms with E-state index in [0.717, 1.165) is 49.6 Å². The standard InChI is InChI=1S/C15H22N6/c1-3-21(9-10(2)12-7-8-17-20-12)14-11-5-4-6-13(11)18-15(16)19-14/h7-8,10H,3-6,9H2,1-2H3,(H,17,20)(H2,16,18,19). The molecule has 1 atom stereocenters. The molecule has 1 unspecified atom stereocenters. The molecule has 2 heterocycles. The summed E-state index contributed by atoms with van der Waals surface area (Å²) in [5, 5.41) is 7.08. The summed E-state index contributed by atoms with van der Waals surface area (Å²) < 4.78 is 0. The van der Waals surface area contributed by atoms with Gasteiger partial charge in [0.1, 0.15) is 5.82 Å². The van der Waals surface area contributed by atoms with Crippen molar-refractivity contribution < 1.29 is 0 Å². The second-order valence-electron chi connectivity index (χ2n) is 5.64. The van der Waals surface area contributed by atoms with Crippen LogP contribution in [0.3, 0.4) is 0 Å². The molecule has 3 N–H and O–H groups in total. The SMILES string of the molecule is CCN(CC(C)c1ccn[nH]1)c1nc(N)nc2c1CCC2. The maximum absolute atomic E-state index is 5.88. The normalized spacial score (nSPS) is 15.0. The Morgan fingerprint density at radius 2 is 2.24 bits per heavy atom. The van der Waals surface area contributed by atoms with Crippen LogP contribution in [0.1, 0.15) is 43.1 Å². The predicted octanol–water partition coefficient (Wildman–Crippen LogP) is 1.90. The minimum atomic E-state index is 0.362. The van der Waals surface area contributed by atoms with Crippen LogP contribution < -0.4 is 10.6 Å². The van der Waals surface area contributed by atoms with Crippen molar-refractivity contribution in [2.45, 2.75) is 39.0 Å². The fraction of sp³-hybridized carbons (Fsp3) is 0.533. The topological polar surface area (TPSA) is 83.7 Å². The Hall–Kier alpha value is -2.11. The number of hydrogen-bond acceptors (Lipinski definition) is 5. The average molecular weight is 286 g/mol. The molecule has 6 heteroatoms. The van der Waals surface area contributed by atoms with Gasteiger partial charge in [0.05, 0.1) is 5.69 Å². The van der Waals surface area contributed by atoms with Gasteiger partial charge in [0.25, 0.3) is 0 Å². The first-order chi connectivity index (χ1) is 10.2. The fourth-order valence-corrected chi connectivity index (χ4v) is 3.03. The van der Waals surface area contributed by atoms with Crippen LogP contribution in [0.25, 0.3) is 0 Å². The van der Waals surface area contributed by atoms with Crippen molar-refractivity contribution in [3.05, 3.63) is 29.2 Å². The molecule has 112 valence electrons. The van der Waals surface area contributed by atoms with E-state index in [1.165, 1.54) is 5.56 Å². The van der Waals surface area contributed by atoms with Crippen LogP contribution in [0.4, 0.5) is 11.8 Å². The van der Waals surface area contributed by atoms with Crippen molar-refractivity contribution in [1.82, 2.24) is 20.2 Å². The number of H-pyrrole nitrogens is 1. The van der Waals surface area contributed by atoms with Gasteiger partial charge >= 0.3 is 0 Å². The number of fused-ring (bicyclic) bond motifs is 1. The van der Waals surface area contributed by atoms with Gasteiger partial charge in [0.2, 0.25) is 5.95 Å². The summed E-state index contributed by atoms with van der Waals surface area (Å²) in [5.74, 6) is 1.77. The van der Waals surface area contributed by atoms with Crippen LogP contribution >= 0.6 is 0 Å². The molecule has 0 radical (unpaired) electrons. The molecule has 1 aliphatic rings. The molecule has 0 aromatic carbocycles. The van der Waals surface area contributed by atoms with Crippen molar-refractivity contribution in [1.29, 1.82) is 0 Å². The van der Waals surface area contributed by atoms with E-state index in [1.807, 2.05) is 6.07 Å². The molecular weight excluding hydrogens is 264 g/mol. The van der Waals surface area contributed by atoms with Crippen LogP contribution in [-0.4, -0.2) is 33.3 Å². The first kappa shape index (κ1) is 13.9. The zero-order valence-electron chi connectivity index (χ0n) is 12.6. The zero-order chi connectivity index (χ0) is 14.8. The van der Waals surface area contributed by atoms with Crippen molar-refractivity contribution >= 4 is 11.8 Å². The Bertz CT molecular complexity index is 607. The molecule has 0 bridgehead atoms. The summed E-state index contributed by atoms with van der Waals surface area (Å²) in [7, 11) is 0. The maximum atomic E-state index is 5.88. The summed E-state index contributed by atoms with van der Waals surface area (Å²) in [4.78, 5) is 11.2. The Morgan fingerprint density at radius 3 is 2.95 bits per heavy atom. The number of likely N-dealkylation sites (N-methyl/N-ethyl adjacent to an activating group) is 1. The quantitative estimate of drug-likeness (QED) is 0.877. The van der Waals surface area contributed by atoms with Gasteiger partial charge in [-0.05, 0) is 32.3 Å². The van der Waals surface area contributed by atoms with Crippen molar-refractivity contribution in [2.24, 2.45) is 0 Å². The summed E-state index contributed by atoms with van der Waals surface area (Å²) in [6.07, 6.45) is 5.01. The van der Waals surface area contributed by atoms with Crippen LogP contribution in [0.15, 0.2) is 12.3 Å². The van der Waals surface area contributed by atoms with Crippen LogP contribution in [0.5, 0.6) is 0 Å². The number of nitrogens with one attached hydrogen (secondary N) is 1. The molecule has 0 saturated carbocycles. The molecule has 0 fully saturated rings. The molecule has 3 rings (SSSR count). The van der Waals surface area contributed by atoms with Crippen molar-refractivity contribution in [2.75, 3.05) is 23.7 Å². The van der Waals surface area contributed by atoms with E-state index in [4.69, 9.17) is 5.73 Å². The highest BCUT2D eigenvalue weighted by molar-refractivity contribution is 5.53. The van der Waals surface area contributed by atoms with E-state index in [1.54, 1.807) is 6.20 Å².